The molecule has 1 aromatic carbocycles. The number of carbonyl (C=O) groups is 1. The van der Waals surface area contributed by atoms with Crippen molar-refractivity contribution < 1.29 is 9.18 Å². The van der Waals surface area contributed by atoms with E-state index in [9.17, 15) is 9.18 Å². The average Bonchev–Trinajstić information content (AvgIpc) is 3.21. The molecule has 0 saturated heterocycles. The van der Waals surface area contributed by atoms with Gasteiger partial charge in [0.05, 0.1) is 10.8 Å². The minimum absolute atomic E-state index is 0.275. The number of nitrogens with zero attached hydrogens (tertiary/aromatic N) is 3. The Morgan fingerprint density at radius 3 is 2.76 bits per heavy atom. The van der Waals surface area contributed by atoms with Crippen molar-refractivity contribution in [2.75, 3.05) is 0 Å². The first kappa shape index (κ1) is 14.1. The predicted octanol–water partition coefficient (Wildman–Crippen LogP) is 2.38. The number of aromatic nitrogens is 3. The second kappa shape index (κ2) is 5.48. The fourth-order valence-corrected chi connectivity index (χ4v) is 2.93. The van der Waals surface area contributed by atoms with Gasteiger partial charge in [0, 0.05) is 6.04 Å². The van der Waals surface area contributed by atoms with Gasteiger partial charge in [-0.3, -0.25) is 9.36 Å². The molecule has 0 unspecified atom stereocenters. The highest BCUT2D eigenvalue weighted by atomic mass is 32.2. The van der Waals surface area contributed by atoms with Gasteiger partial charge in [-0.15, -0.1) is 10.2 Å². The van der Waals surface area contributed by atoms with E-state index in [0.29, 0.717) is 16.5 Å². The zero-order chi connectivity index (χ0) is 15.0. The number of amides is 1. The Morgan fingerprint density at radius 2 is 2.14 bits per heavy atom. The lowest BCUT2D eigenvalue weighted by Gasteiger charge is -2.11. The van der Waals surface area contributed by atoms with Crippen molar-refractivity contribution in [3.63, 3.8) is 0 Å². The van der Waals surface area contributed by atoms with Crippen molar-refractivity contribution in [3.8, 4) is 11.4 Å². The number of thioether (sulfide) groups is 1. The molecule has 2 aromatic rings. The summed E-state index contributed by atoms with van der Waals surface area (Å²) >= 11 is 1.26. The molecule has 1 aliphatic carbocycles. The molecule has 0 spiro atoms. The number of benzene rings is 1. The van der Waals surface area contributed by atoms with Crippen LogP contribution in [0.15, 0.2) is 29.4 Å². The highest BCUT2D eigenvalue weighted by molar-refractivity contribution is 8.00. The first-order chi connectivity index (χ1) is 10.1. The zero-order valence-electron chi connectivity index (χ0n) is 11.5. The van der Waals surface area contributed by atoms with Gasteiger partial charge in [-0.05, 0) is 31.9 Å². The van der Waals surface area contributed by atoms with E-state index in [2.05, 4.69) is 10.2 Å². The normalized spacial score (nSPS) is 15.9. The van der Waals surface area contributed by atoms with Crippen LogP contribution in [0.2, 0.25) is 0 Å². The van der Waals surface area contributed by atoms with Crippen LogP contribution in [0.25, 0.3) is 11.4 Å². The molecular formula is C14H15FN4OS. The third kappa shape index (κ3) is 2.78. The Labute approximate surface area is 125 Å². The Hall–Kier alpha value is -1.89. The third-order valence-corrected chi connectivity index (χ3v) is 4.45. The maximum atomic E-state index is 14.0. The minimum Gasteiger partial charge on any atom is -0.369 e. The molecule has 21 heavy (non-hydrogen) atoms. The van der Waals surface area contributed by atoms with Crippen LogP contribution in [0.1, 0.15) is 25.8 Å². The molecule has 110 valence electrons. The Balaban J connectivity index is 2.01. The molecule has 0 bridgehead atoms. The van der Waals surface area contributed by atoms with E-state index in [1.165, 1.54) is 17.8 Å². The van der Waals surface area contributed by atoms with Gasteiger partial charge in [0.25, 0.3) is 0 Å². The summed E-state index contributed by atoms with van der Waals surface area (Å²) in [7, 11) is 0. The van der Waals surface area contributed by atoms with Crippen LogP contribution in [-0.4, -0.2) is 25.9 Å². The average molecular weight is 306 g/mol. The molecule has 3 rings (SSSR count). The number of rotatable bonds is 5. The van der Waals surface area contributed by atoms with Gasteiger partial charge in [-0.1, -0.05) is 23.9 Å². The molecule has 1 aromatic heterocycles. The maximum Gasteiger partial charge on any atom is 0.230 e. The Bertz CT molecular complexity index is 683. The fraction of sp³-hybridized carbons (Fsp3) is 0.357. The first-order valence-electron chi connectivity index (χ1n) is 6.73. The van der Waals surface area contributed by atoms with E-state index in [4.69, 9.17) is 5.73 Å². The SMILES string of the molecule is C[C@H](Sc1nnc(-c2ccccc2F)n1C1CC1)C(N)=O. The van der Waals surface area contributed by atoms with Crippen molar-refractivity contribution >= 4 is 17.7 Å². The van der Waals surface area contributed by atoms with E-state index >= 15 is 0 Å². The third-order valence-electron chi connectivity index (χ3n) is 3.37. The van der Waals surface area contributed by atoms with Crippen LogP contribution in [0, 0.1) is 5.82 Å². The van der Waals surface area contributed by atoms with Crippen LogP contribution in [0.3, 0.4) is 0 Å². The van der Waals surface area contributed by atoms with Gasteiger partial charge in [0.15, 0.2) is 11.0 Å². The summed E-state index contributed by atoms with van der Waals surface area (Å²) in [5.41, 5.74) is 5.72. The predicted molar refractivity (Wildman–Crippen MR) is 78.2 cm³/mol. The van der Waals surface area contributed by atoms with E-state index in [-0.39, 0.29) is 11.9 Å². The van der Waals surface area contributed by atoms with Crippen molar-refractivity contribution in [2.45, 2.75) is 36.2 Å². The smallest absolute Gasteiger partial charge is 0.230 e. The second-order valence-electron chi connectivity index (χ2n) is 5.05. The van der Waals surface area contributed by atoms with Gasteiger partial charge < -0.3 is 5.73 Å². The number of carbonyl (C=O) groups excluding carboxylic acids is 1. The molecule has 7 heteroatoms. The highest BCUT2D eigenvalue weighted by Gasteiger charge is 2.31. The van der Waals surface area contributed by atoms with Crippen LogP contribution in [0.5, 0.6) is 0 Å². The van der Waals surface area contributed by atoms with E-state index in [1.807, 2.05) is 4.57 Å². The largest absolute Gasteiger partial charge is 0.369 e. The Kier molecular flexibility index (Phi) is 3.67. The molecule has 0 aliphatic heterocycles. The van der Waals surface area contributed by atoms with Gasteiger partial charge >= 0.3 is 0 Å². The first-order valence-corrected chi connectivity index (χ1v) is 7.61. The number of nitrogens with two attached hydrogens (primary N) is 1. The maximum absolute atomic E-state index is 14.0. The lowest BCUT2D eigenvalue weighted by Crippen LogP contribution is -2.23. The summed E-state index contributed by atoms with van der Waals surface area (Å²) in [6.45, 7) is 1.72. The number of hydrogen-bond donors (Lipinski definition) is 1. The van der Waals surface area contributed by atoms with Crippen LogP contribution < -0.4 is 5.73 Å². The zero-order valence-corrected chi connectivity index (χ0v) is 12.3. The number of hydrogen-bond acceptors (Lipinski definition) is 4. The molecular weight excluding hydrogens is 291 g/mol. The molecule has 5 nitrogen and oxygen atoms in total. The summed E-state index contributed by atoms with van der Waals surface area (Å²) in [4.78, 5) is 11.2. The Morgan fingerprint density at radius 1 is 1.43 bits per heavy atom. The molecule has 1 saturated carbocycles. The highest BCUT2D eigenvalue weighted by Crippen LogP contribution is 2.41. The van der Waals surface area contributed by atoms with Gasteiger partial charge in [-0.2, -0.15) is 0 Å². The summed E-state index contributed by atoms with van der Waals surface area (Å²) < 4.78 is 15.9. The number of halogens is 1. The summed E-state index contributed by atoms with van der Waals surface area (Å²) in [6, 6.07) is 6.77. The van der Waals surface area contributed by atoms with Crippen molar-refractivity contribution in [3.05, 3.63) is 30.1 Å². The quantitative estimate of drug-likeness (QED) is 0.861. The standard InChI is InChI=1S/C14H15FN4OS/c1-8(12(16)20)21-14-18-17-13(19(14)9-6-7-9)10-4-2-3-5-11(10)15/h2-5,8-9H,6-7H2,1H3,(H2,16,20)/t8-/m0/s1. The molecule has 1 amide bonds. The van der Waals surface area contributed by atoms with Crippen LogP contribution in [-0.2, 0) is 4.79 Å². The van der Waals surface area contributed by atoms with Gasteiger partial charge in [-0.25, -0.2) is 4.39 Å². The molecule has 0 radical (unpaired) electrons. The molecule has 1 heterocycles. The monoisotopic (exact) mass is 306 g/mol. The number of primary amides is 1. The fourth-order valence-electron chi connectivity index (χ4n) is 2.06. The van der Waals surface area contributed by atoms with Crippen molar-refractivity contribution in [1.82, 2.24) is 14.8 Å². The van der Waals surface area contributed by atoms with E-state index in [1.54, 1.807) is 25.1 Å². The summed E-state index contributed by atoms with van der Waals surface area (Å²) in [6.07, 6.45) is 2.02. The molecule has 1 fully saturated rings. The van der Waals surface area contributed by atoms with Gasteiger partial charge in [0.1, 0.15) is 5.82 Å². The van der Waals surface area contributed by atoms with Crippen LogP contribution in [0.4, 0.5) is 4.39 Å². The van der Waals surface area contributed by atoms with Crippen LogP contribution >= 0.6 is 11.8 Å². The minimum atomic E-state index is -0.405. The van der Waals surface area contributed by atoms with Gasteiger partial charge in [0.2, 0.25) is 5.91 Å². The molecule has 2 N–H and O–H groups in total. The van der Waals surface area contributed by atoms with Crippen molar-refractivity contribution in [1.29, 1.82) is 0 Å². The lowest BCUT2D eigenvalue weighted by atomic mass is 10.2. The molecule has 1 atom stereocenters. The topological polar surface area (TPSA) is 73.8 Å². The van der Waals surface area contributed by atoms with Crippen molar-refractivity contribution in [2.24, 2.45) is 5.73 Å². The van der Waals surface area contributed by atoms with E-state index < -0.39 is 11.2 Å². The summed E-state index contributed by atoms with van der Waals surface area (Å²) in [5.74, 6) is -0.223. The molecule has 1 aliphatic rings. The second-order valence-corrected chi connectivity index (χ2v) is 6.36. The van der Waals surface area contributed by atoms with E-state index in [0.717, 1.165) is 12.8 Å². The summed E-state index contributed by atoms with van der Waals surface area (Å²) in [5, 5.41) is 8.45. The lowest BCUT2D eigenvalue weighted by molar-refractivity contribution is -0.117.